The van der Waals surface area contributed by atoms with Gasteiger partial charge in [0.25, 0.3) is 5.91 Å². The first kappa shape index (κ1) is 15.6. The van der Waals surface area contributed by atoms with Gasteiger partial charge in [0.05, 0.1) is 18.1 Å². The van der Waals surface area contributed by atoms with Crippen LogP contribution in [-0.4, -0.2) is 45.3 Å². The molecule has 4 rings (SSSR count). The zero-order chi connectivity index (χ0) is 17.4. The average molecular weight is 337 g/mol. The first-order valence-corrected chi connectivity index (χ1v) is 8.39. The molecule has 1 aromatic carbocycles. The van der Waals surface area contributed by atoms with Crippen LogP contribution in [0.4, 0.5) is 5.82 Å². The molecule has 2 aliphatic heterocycles. The van der Waals surface area contributed by atoms with Gasteiger partial charge in [-0.05, 0) is 25.0 Å². The van der Waals surface area contributed by atoms with E-state index in [0.29, 0.717) is 30.0 Å². The number of amides is 2. The predicted octanol–water partition coefficient (Wildman–Crippen LogP) is 1.22. The van der Waals surface area contributed by atoms with Crippen molar-refractivity contribution >= 4 is 17.6 Å². The number of nitrogens with two attached hydrogens (primary N) is 1. The summed E-state index contributed by atoms with van der Waals surface area (Å²) >= 11 is 0. The van der Waals surface area contributed by atoms with Crippen molar-refractivity contribution in [2.45, 2.75) is 31.3 Å². The van der Waals surface area contributed by atoms with E-state index in [9.17, 15) is 9.59 Å². The topological polar surface area (TPSA) is 101 Å². The third kappa shape index (κ3) is 2.93. The third-order valence-corrected chi connectivity index (χ3v) is 4.89. The normalized spacial score (nSPS) is 22.4. The quantitative estimate of drug-likeness (QED) is 0.858. The molecule has 2 atom stereocenters. The van der Waals surface area contributed by atoms with Crippen LogP contribution < -0.4 is 11.1 Å². The van der Waals surface area contributed by atoms with Gasteiger partial charge in [-0.3, -0.25) is 14.6 Å². The van der Waals surface area contributed by atoms with Gasteiger partial charge in [0.2, 0.25) is 5.91 Å². The maximum Gasteiger partial charge on any atom is 0.254 e. The highest BCUT2D eigenvalue weighted by molar-refractivity contribution is 5.96. The van der Waals surface area contributed by atoms with Crippen molar-refractivity contribution < 1.29 is 9.59 Å². The van der Waals surface area contributed by atoms with Crippen molar-refractivity contribution in [2.24, 2.45) is 0 Å². The van der Waals surface area contributed by atoms with E-state index in [2.05, 4.69) is 15.3 Å². The van der Waals surface area contributed by atoms with Gasteiger partial charge in [-0.1, -0.05) is 12.1 Å². The summed E-state index contributed by atoms with van der Waals surface area (Å²) in [6, 6.07) is 7.37. The molecule has 3 heterocycles. The Balaban J connectivity index is 1.58. The average Bonchev–Trinajstić information content (AvgIpc) is 2.93. The van der Waals surface area contributed by atoms with Crippen LogP contribution >= 0.6 is 0 Å². The SMILES string of the molecule is Nc1cncc(-c2ccc(C(=O)N3[C@@H]4CC[C@H]3CNC(=O)C4)cc2)n1. The molecular weight excluding hydrogens is 318 g/mol. The smallest absolute Gasteiger partial charge is 0.254 e. The molecule has 0 unspecified atom stereocenters. The van der Waals surface area contributed by atoms with E-state index in [1.54, 1.807) is 18.3 Å². The molecule has 7 heteroatoms. The fourth-order valence-electron chi connectivity index (χ4n) is 3.66. The van der Waals surface area contributed by atoms with Gasteiger partial charge >= 0.3 is 0 Å². The lowest BCUT2D eigenvalue weighted by Gasteiger charge is -2.27. The minimum absolute atomic E-state index is 0.000495. The summed E-state index contributed by atoms with van der Waals surface area (Å²) in [5, 5.41) is 2.89. The summed E-state index contributed by atoms with van der Waals surface area (Å²) in [7, 11) is 0. The number of nitrogens with one attached hydrogen (secondary N) is 1. The molecule has 2 aliphatic rings. The second kappa shape index (κ2) is 6.16. The fraction of sp³-hybridized carbons (Fsp3) is 0.333. The molecule has 2 bridgehead atoms. The Morgan fingerprint density at radius 2 is 1.92 bits per heavy atom. The maximum absolute atomic E-state index is 13.0. The molecule has 0 spiro atoms. The standard InChI is InChI=1S/C18H19N5O2/c19-16-10-20-9-15(22-16)11-1-3-12(4-2-11)18(25)23-13-5-6-14(23)8-21-17(24)7-13/h1-4,9-10,13-14H,5-8H2,(H2,19,22)(H,21,24)/t13-,14+/m1/s1. The number of anilines is 1. The van der Waals surface area contributed by atoms with E-state index in [-0.39, 0.29) is 23.9 Å². The van der Waals surface area contributed by atoms with Gasteiger partial charge in [-0.2, -0.15) is 0 Å². The van der Waals surface area contributed by atoms with E-state index in [1.807, 2.05) is 17.0 Å². The molecule has 1 aromatic heterocycles. The molecule has 2 amide bonds. The zero-order valence-electron chi connectivity index (χ0n) is 13.7. The zero-order valence-corrected chi connectivity index (χ0v) is 13.7. The van der Waals surface area contributed by atoms with E-state index in [0.717, 1.165) is 18.4 Å². The second-order valence-electron chi connectivity index (χ2n) is 6.51. The number of nitrogen functional groups attached to an aromatic ring is 1. The van der Waals surface area contributed by atoms with Gasteiger partial charge in [0.1, 0.15) is 5.82 Å². The molecule has 25 heavy (non-hydrogen) atoms. The lowest BCUT2D eigenvalue weighted by molar-refractivity contribution is -0.121. The Morgan fingerprint density at radius 3 is 2.68 bits per heavy atom. The van der Waals surface area contributed by atoms with Gasteiger partial charge < -0.3 is 16.0 Å². The number of carbonyl (C=O) groups excluding carboxylic acids is 2. The predicted molar refractivity (Wildman–Crippen MR) is 92.5 cm³/mol. The van der Waals surface area contributed by atoms with Gasteiger partial charge in [0, 0.05) is 36.2 Å². The van der Waals surface area contributed by atoms with Crippen molar-refractivity contribution in [3.05, 3.63) is 42.2 Å². The van der Waals surface area contributed by atoms with Crippen LogP contribution in [0.15, 0.2) is 36.7 Å². The van der Waals surface area contributed by atoms with Crippen LogP contribution in [0, 0.1) is 0 Å². The Kier molecular flexibility index (Phi) is 3.83. The maximum atomic E-state index is 13.0. The first-order chi connectivity index (χ1) is 12.1. The fourth-order valence-corrected chi connectivity index (χ4v) is 3.66. The van der Waals surface area contributed by atoms with Crippen LogP contribution in [0.5, 0.6) is 0 Å². The van der Waals surface area contributed by atoms with Crippen molar-refractivity contribution in [3.8, 4) is 11.3 Å². The van der Waals surface area contributed by atoms with Gasteiger partial charge in [-0.15, -0.1) is 0 Å². The number of aromatic nitrogens is 2. The molecule has 0 radical (unpaired) electrons. The molecule has 0 saturated carbocycles. The van der Waals surface area contributed by atoms with Crippen LogP contribution in [0.2, 0.25) is 0 Å². The first-order valence-electron chi connectivity index (χ1n) is 8.39. The summed E-state index contributed by atoms with van der Waals surface area (Å²) in [5.41, 5.74) is 7.81. The minimum Gasteiger partial charge on any atom is -0.382 e. The number of hydrogen-bond donors (Lipinski definition) is 2. The molecule has 2 aromatic rings. The van der Waals surface area contributed by atoms with Crippen LogP contribution in [0.25, 0.3) is 11.3 Å². The molecular formula is C18H19N5O2. The van der Waals surface area contributed by atoms with Crippen LogP contribution in [0.1, 0.15) is 29.6 Å². The third-order valence-electron chi connectivity index (χ3n) is 4.89. The highest BCUT2D eigenvalue weighted by atomic mass is 16.2. The summed E-state index contributed by atoms with van der Waals surface area (Å²) < 4.78 is 0. The largest absolute Gasteiger partial charge is 0.382 e. The molecule has 2 fully saturated rings. The van der Waals surface area contributed by atoms with E-state index in [4.69, 9.17) is 5.73 Å². The number of carbonyl (C=O) groups is 2. The highest BCUT2D eigenvalue weighted by Gasteiger charge is 2.40. The Morgan fingerprint density at radius 1 is 1.16 bits per heavy atom. The minimum atomic E-state index is -0.0193. The monoisotopic (exact) mass is 337 g/mol. The number of benzene rings is 1. The van der Waals surface area contributed by atoms with Crippen molar-refractivity contribution in [1.29, 1.82) is 0 Å². The van der Waals surface area contributed by atoms with Crippen LogP contribution in [0.3, 0.4) is 0 Å². The molecule has 0 aliphatic carbocycles. The van der Waals surface area contributed by atoms with Gasteiger partial charge in [-0.25, -0.2) is 4.98 Å². The molecule has 128 valence electrons. The molecule has 2 saturated heterocycles. The summed E-state index contributed by atoms with van der Waals surface area (Å²) in [4.78, 5) is 34.8. The Bertz CT molecular complexity index is 820. The van der Waals surface area contributed by atoms with E-state index < -0.39 is 0 Å². The summed E-state index contributed by atoms with van der Waals surface area (Å²) in [5.74, 6) is 0.366. The lowest BCUT2D eigenvalue weighted by atomic mass is 10.1. The van der Waals surface area contributed by atoms with Crippen molar-refractivity contribution in [3.63, 3.8) is 0 Å². The van der Waals surface area contributed by atoms with Crippen molar-refractivity contribution in [2.75, 3.05) is 12.3 Å². The highest BCUT2D eigenvalue weighted by Crippen LogP contribution is 2.30. The van der Waals surface area contributed by atoms with E-state index >= 15 is 0 Å². The Labute approximate surface area is 145 Å². The number of nitrogens with zero attached hydrogens (tertiary/aromatic N) is 3. The lowest BCUT2D eigenvalue weighted by Crippen LogP contribution is -2.42. The number of hydrogen-bond acceptors (Lipinski definition) is 5. The Hall–Kier alpha value is -2.96. The number of rotatable bonds is 2. The van der Waals surface area contributed by atoms with Gasteiger partial charge in [0.15, 0.2) is 0 Å². The summed E-state index contributed by atoms with van der Waals surface area (Å²) in [6.07, 6.45) is 5.35. The van der Waals surface area contributed by atoms with Crippen LogP contribution in [-0.2, 0) is 4.79 Å². The molecule has 3 N–H and O–H groups in total. The van der Waals surface area contributed by atoms with E-state index in [1.165, 1.54) is 6.20 Å². The molecule has 7 nitrogen and oxygen atoms in total. The second-order valence-corrected chi connectivity index (χ2v) is 6.51. The van der Waals surface area contributed by atoms with Crippen molar-refractivity contribution in [1.82, 2.24) is 20.2 Å². The number of fused-ring (bicyclic) bond motifs is 2. The summed E-state index contributed by atoms with van der Waals surface area (Å²) in [6.45, 7) is 0.540.